The Morgan fingerprint density at radius 2 is 1.68 bits per heavy atom. The van der Waals surface area contributed by atoms with Crippen molar-refractivity contribution in [3.8, 4) is 22.5 Å². The van der Waals surface area contributed by atoms with E-state index < -0.39 is 14.9 Å². The van der Waals surface area contributed by atoms with Gasteiger partial charge in [-0.2, -0.15) is 0 Å². The number of aryl methyl sites for hydroxylation is 1. The standard InChI is InChI=1S/C21H20NOSi.C11H8N.Ir/c1-14-11-12-17(22-13-14)15-7-5-8-16-20-18(23-21(15)16)9-6-10-19(20)24(2,3)4;1-2-6-10(7-3-1)11-8-4-5-9-12-11;/h5-6,8-13H,1-4H3;1-6,8-9H;/q2*-1;/i1D3;;. The normalized spacial score (nSPS) is 12.6. The van der Waals surface area contributed by atoms with Gasteiger partial charge in [-0.25, -0.2) is 0 Å². The molecule has 0 aliphatic carbocycles. The Morgan fingerprint density at radius 3 is 2.35 bits per heavy atom. The molecule has 0 fully saturated rings. The average molecular weight is 680 g/mol. The second-order valence-electron chi connectivity index (χ2n) is 9.55. The molecule has 0 unspecified atom stereocenters. The van der Waals surface area contributed by atoms with Gasteiger partial charge in [-0.3, -0.25) is 0 Å². The predicted molar refractivity (Wildman–Crippen MR) is 152 cm³/mol. The van der Waals surface area contributed by atoms with E-state index in [1.54, 1.807) is 18.3 Å². The van der Waals surface area contributed by atoms with Crippen LogP contribution in [-0.2, 0) is 20.1 Å². The van der Waals surface area contributed by atoms with Crippen LogP contribution in [0.4, 0.5) is 0 Å². The largest absolute Gasteiger partial charge is 0.501 e. The van der Waals surface area contributed by atoms with Crippen molar-refractivity contribution in [1.82, 2.24) is 9.97 Å². The molecule has 0 amide bonds. The monoisotopic (exact) mass is 680 g/mol. The Morgan fingerprint density at radius 1 is 0.811 bits per heavy atom. The summed E-state index contributed by atoms with van der Waals surface area (Å²) in [6, 6.07) is 33.5. The number of furan rings is 1. The molecule has 0 saturated carbocycles. The first kappa shape index (κ1) is 22.8. The minimum absolute atomic E-state index is 0. The third-order valence-electron chi connectivity index (χ3n) is 5.93. The maximum absolute atomic E-state index is 7.51. The van der Waals surface area contributed by atoms with Crippen molar-refractivity contribution in [2.45, 2.75) is 26.5 Å². The minimum Gasteiger partial charge on any atom is -0.501 e. The number of hydrogen-bond donors (Lipinski definition) is 0. The fraction of sp³-hybridized carbons (Fsp3) is 0.125. The number of aromatic nitrogens is 2. The van der Waals surface area contributed by atoms with Gasteiger partial charge in [0.15, 0.2) is 0 Å². The third-order valence-corrected chi connectivity index (χ3v) is 7.97. The van der Waals surface area contributed by atoms with Gasteiger partial charge in [0.2, 0.25) is 0 Å². The molecule has 0 aliphatic rings. The summed E-state index contributed by atoms with van der Waals surface area (Å²) < 4.78 is 28.7. The third kappa shape index (κ3) is 5.80. The van der Waals surface area contributed by atoms with Gasteiger partial charge in [0.05, 0.1) is 13.7 Å². The van der Waals surface area contributed by atoms with E-state index in [0.717, 1.165) is 33.4 Å². The van der Waals surface area contributed by atoms with Gasteiger partial charge >= 0.3 is 0 Å². The zero-order valence-electron chi connectivity index (χ0n) is 23.9. The number of benzene rings is 3. The van der Waals surface area contributed by atoms with Crippen LogP contribution in [0.1, 0.15) is 9.68 Å². The van der Waals surface area contributed by atoms with E-state index >= 15 is 0 Å². The molecule has 0 atom stereocenters. The molecule has 6 rings (SSSR count). The van der Waals surface area contributed by atoms with E-state index in [2.05, 4.69) is 47.8 Å². The van der Waals surface area contributed by atoms with Gasteiger partial charge < -0.3 is 14.4 Å². The first-order valence-electron chi connectivity index (χ1n) is 13.3. The van der Waals surface area contributed by atoms with Crippen LogP contribution in [0.15, 0.2) is 102 Å². The molecule has 0 saturated heterocycles. The summed E-state index contributed by atoms with van der Waals surface area (Å²) in [4.78, 5) is 8.58. The van der Waals surface area contributed by atoms with Gasteiger partial charge in [0.25, 0.3) is 0 Å². The molecule has 3 heterocycles. The molecule has 0 aliphatic heterocycles. The Balaban J connectivity index is 0.000000238. The molecular weight excluding hydrogens is 649 g/mol. The zero-order chi connectivity index (χ0) is 27.6. The second kappa shape index (κ2) is 11.3. The Hall–Kier alpha value is -3.37. The summed E-state index contributed by atoms with van der Waals surface area (Å²) in [6.07, 6.45) is 3.20. The number of rotatable bonds is 3. The summed E-state index contributed by atoms with van der Waals surface area (Å²) in [7, 11) is -1.55. The molecule has 0 N–H and O–H groups in total. The maximum atomic E-state index is 7.51. The van der Waals surface area contributed by atoms with Crippen molar-refractivity contribution in [3.63, 3.8) is 0 Å². The van der Waals surface area contributed by atoms with E-state index in [1.807, 2.05) is 66.7 Å². The average Bonchev–Trinajstić information content (AvgIpc) is 3.32. The van der Waals surface area contributed by atoms with Crippen molar-refractivity contribution in [2.75, 3.05) is 0 Å². The van der Waals surface area contributed by atoms with Gasteiger partial charge in [-0.05, 0) is 35.9 Å². The molecule has 3 aromatic carbocycles. The molecule has 37 heavy (non-hydrogen) atoms. The van der Waals surface area contributed by atoms with Crippen molar-refractivity contribution < 1.29 is 28.6 Å². The molecule has 3 nitrogen and oxygen atoms in total. The van der Waals surface area contributed by atoms with Crippen molar-refractivity contribution in [1.29, 1.82) is 0 Å². The van der Waals surface area contributed by atoms with Crippen LogP contribution >= 0.6 is 0 Å². The van der Waals surface area contributed by atoms with E-state index in [9.17, 15) is 0 Å². The maximum Gasteiger partial charge on any atom is 0.120 e. The second-order valence-corrected chi connectivity index (χ2v) is 14.6. The van der Waals surface area contributed by atoms with Crippen molar-refractivity contribution in [2.24, 2.45) is 0 Å². The number of fused-ring (bicyclic) bond motifs is 3. The smallest absolute Gasteiger partial charge is 0.120 e. The predicted octanol–water partition coefficient (Wildman–Crippen LogP) is 7.85. The van der Waals surface area contributed by atoms with Crippen molar-refractivity contribution in [3.05, 3.63) is 115 Å². The SMILES string of the molecule is [2H]C([2H])([2H])c1ccc(-c2[c-]ccc3c2oc2cccc([Si](C)(C)C)c23)nc1.[Ir].[c-]1ccccc1-c1ccccn1. The number of hydrogen-bond acceptors (Lipinski definition) is 3. The van der Waals surface area contributed by atoms with Crippen LogP contribution in [0.3, 0.4) is 0 Å². The van der Waals surface area contributed by atoms with E-state index in [4.69, 9.17) is 8.53 Å². The van der Waals surface area contributed by atoms with Gasteiger partial charge in [-0.1, -0.05) is 72.2 Å². The quantitative estimate of drug-likeness (QED) is 0.141. The molecule has 0 spiro atoms. The van der Waals surface area contributed by atoms with Gasteiger partial charge in [0, 0.05) is 42.0 Å². The molecule has 1 radical (unpaired) electrons. The summed E-state index contributed by atoms with van der Waals surface area (Å²) in [5, 5.41) is 3.58. The summed E-state index contributed by atoms with van der Waals surface area (Å²) in [5.41, 5.74) is 5.25. The molecule has 0 bridgehead atoms. The van der Waals surface area contributed by atoms with Crippen LogP contribution in [-0.4, -0.2) is 18.0 Å². The van der Waals surface area contributed by atoms with Crippen LogP contribution in [0.25, 0.3) is 44.5 Å². The van der Waals surface area contributed by atoms with Gasteiger partial charge in [-0.15, -0.1) is 54.1 Å². The van der Waals surface area contributed by atoms with Crippen LogP contribution in [0.5, 0.6) is 0 Å². The van der Waals surface area contributed by atoms with Crippen LogP contribution in [0.2, 0.25) is 19.6 Å². The van der Waals surface area contributed by atoms with Crippen LogP contribution < -0.4 is 5.19 Å². The fourth-order valence-electron chi connectivity index (χ4n) is 4.22. The van der Waals surface area contributed by atoms with E-state index in [0.29, 0.717) is 5.69 Å². The number of nitrogens with zero attached hydrogens (tertiary/aromatic N) is 2. The zero-order valence-corrected chi connectivity index (χ0v) is 24.3. The van der Waals surface area contributed by atoms with Crippen molar-refractivity contribution >= 4 is 35.2 Å². The van der Waals surface area contributed by atoms with E-state index in [-0.39, 0.29) is 25.7 Å². The number of pyridine rings is 2. The molecule has 5 heteroatoms. The topological polar surface area (TPSA) is 38.9 Å². The molecule has 6 aromatic rings. The molecular formula is C32H28IrN2OSi-2. The summed E-state index contributed by atoms with van der Waals surface area (Å²) in [5.74, 6) is 0. The Bertz CT molecular complexity index is 1680. The first-order chi connectivity index (χ1) is 18.6. The van der Waals surface area contributed by atoms with Gasteiger partial charge in [0.1, 0.15) is 5.58 Å². The van der Waals surface area contributed by atoms with Crippen LogP contribution in [0, 0.1) is 19.0 Å². The summed E-state index contributed by atoms with van der Waals surface area (Å²) in [6.45, 7) is 4.82. The first-order valence-corrected chi connectivity index (χ1v) is 15.3. The van der Waals surface area contributed by atoms with E-state index in [1.165, 1.54) is 16.8 Å². The molecule has 187 valence electrons. The Labute approximate surface area is 237 Å². The Kier molecular flexibility index (Phi) is 6.99. The fourth-order valence-corrected chi connectivity index (χ4v) is 5.83. The minimum atomic E-state index is -2.16. The molecule has 3 aromatic heterocycles. The summed E-state index contributed by atoms with van der Waals surface area (Å²) >= 11 is 0.